The monoisotopic (exact) mass is 344 g/mol. The van der Waals surface area contributed by atoms with E-state index in [0.29, 0.717) is 12.1 Å². The van der Waals surface area contributed by atoms with Gasteiger partial charge in [0.05, 0.1) is 6.04 Å². The summed E-state index contributed by atoms with van der Waals surface area (Å²) in [4.78, 5) is 24.5. The summed E-state index contributed by atoms with van der Waals surface area (Å²) in [7, 11) is 0. The van der Waals surface area contributed by atoms with Crippen molar-refractivity contribution in [1.29, 1.82) is 0 Å². The van der Waals surface area contributed by atoms with Crippen molar-refractivity contribution in [2.45, 2.75) is 44.7 Å². The summed E-state index contributed by atoms with van der Waals surface area (Å²) in [5.41, 5.74) is -1.03. The molecule has 24 heavy (non-hydrogen) atoms. The maximum Gasteiger partial charge on any atom is 0.408 e. The molecule has 1 aromatic carbocycles. The highest BCUT2D eigenvalue weighted by atomic mass is 19.2. The molecule has 1 aliphatic heterocycles. The highest BCUT2D eigenvalue weighted by Crippen LogP contribution is 2.35. The van der Waals surface area contributed by atoms with Crippen LogP contribution in [0.2, 0.25) is 0 Å². The predicted octanol–water partition coefficient (Wildman–Crippen LogP) is 2.85. The van der Waals surface area contributed by atoms with Crippen molar-refractivity contribution in [2.24, 2.45) is 0 Å². The second kappa shape index (κ2) is 6.33. The van der Waals surface area contributed by atoms with Crippen molar-refractivity contribution in [3.63, 3.8) is 0 Å². The minimum atomic E-state index is -1.33. The number of carbonyl (C=O) groups is 2. The van der Waals surface area contributed by atoms with Crippen LogP contribution in [0.15, 0.2) is 12.1 Å². The zero-order chi connectivity index (χ0) is 18.2. The van der Waals surface area contributed by atoms with E-state index in [0.717, 1.165) is 4.90 Å². The number of piperidine rings is 1. The molecule has 2 rings (SSSR count). The molecule has 2 unspecified atom stereocenters. The molecule has 2 N–H and O–H groups in total. The molecule has 1 aromatic rings. The zero-order valence-corrected chi connectivity index (χ0v) is 13.6. The van der Waals surface area contributed by atoms with Crippen LogP contribution in [-0.2, 0) is 4.79 Å². The van der Waals surface area contributed by atoms with Gasteiger partial charge in [0.15, 0.2) is 11.6 Å². The first kappa shape index (κ1) is 18.1. The summed E-state index contributed by atoms with van der Waals surface area (Å²) in [5, 5.41) is 12.1. The van der Waals surface area contributed by atoms with Gasteiger partial charge in [-0.25, -0.2) is 18.0 Å². The number of carbonyl (C=O) groups excluding carboxylic acids is 1. The van der Waals surface area contributed by atoms with Crippen molar-refractivity contribution in [3.8, 4) is 0 Å². The fourth-order valence-corrected chi connectivity index (χ4v) is 3.11. The van der Waals surface area contributed by atoms with Crippen LogP contribution in [0.25, 0.3) is 0 Å². The first-order valence-corrected chi connectivity index (χ1v) is 7.45. The van der Waals surface area contributed by atoms with E-state index in [2.05, 4.69) is 5.32 Å². The van der Waals surface area contributed by atoms with E-state index in [1.807, 2.05) is 0 Å². The molecule has 0 bridgehead atoms. The Kier molecular flexibility index (Phi) is 4.77. The van der Waals surface area contributed by atoms with Crippen molar-refractivity contribution in [1.82, 2.24) is 10.2 Å². The van der Waals surface area contributed by atoms with Crippen LogP contribution >= 0.6 is 0 Å². The van der Waals surface area contributed by atoms with E-state index >= 15 is 0 Å². The fraction of sp³-hybridized carbons (Fsp3) is 0.500. The van der Waals surface area contributed by atoms with E-state index in [1.165, 1.54) is 0 Å². The molecule has 1 aliphatic rings. The highest BCUT2D eigenvalue weighted by molar-refractivity contribution is 5.79. The molecule has 1 saturated heterocycles. The first-order valence-electron chi connectivity index (χ1n) is 7.45. The third kappa shape index (κ3) is 3.47. The van der Waals surface area contributed by atoms with E-state index in [4.69, 9.17) is 0 Å². The summed E-state index contributed by atoms with van der Waals surface area (Å²) in [6.45, 7) is 4.95. The molecule has 5 nitrogen and oxygen atoms in total. The first-order chi connectivity index (χ1) is 11.0. The van der Waals surface area contributed by atoms with Crippen molar-refractivity contribution >= 4 is 12.0 Å². The summed E-state index contributed by atoms with van der Waals surface area (Å²) in [6.07, 6.45) is -1.45. The summed E-state index contributed by atoms with van der Waals surface area (Å²) in [5.74, 6) is -4.89. The van der Waals surface area contributed by atoms with Gasteiger partial charge in [-0.15, -0.1) is 0 Å². The van der Waals surface area contributed by atoms with Gasteiger partial charge in [-0.3, -0.25) is 9.69 Å². The SMILES string of the molecule is CC(C)(C)N(C(=O)O)C1CNC(=O)CC1c1cc(F)c(F)cc1F. The lowest BCUT2D eigenvalue weighted by atomic mass is 9.82. The van der Waals surface area contributed by atoms with Crippen molar-refractivity contribution < 1.29 is 27.9 Å². The number of hydrogen-bond donors (Lipinski definition) is 2. The van der Waals surface area contributed by atoms with Gasteiger partial charge >= 0.3 is 6.09 Å². The molecule has 0 aromatic heterocycles. The third-order valence-corrected chi connectivity index (χ3v) is 4.08. The van der Waals surface area contributed by atoms with Crippen molar-refractivity contribution in [3.05, 3.63) is 35.1 Å². The average molecular weight is 344 g/mol. The molecule has 0 saturated carbocycles. The van der Waals surface area contributed by atoms with Crippen molar-refractivity contribution in [2.75, 3.05) is 6.54 Å². The van der Waals surface area contributed by atoms with E-state index in [1.54, 1.807) is 20.8 Å². The minimum absolute atomic E-state index is 0.0362. The van der Waals surface area contributed by atoms with Crippen LogP contribution in [0.5, 0.6) is 0 Å². The Labute approximate surface area is 137 Å². The van der Waals surface area contributed by atoms with Gasteiger partial charge in [-0.2, -0.15) is 0 Å². The smallest absolute Gasteiger partial charge is 0.408 e. The van der Waals surface area contributed by atoms with E-state index in [9.17, 15) is 27.9 Å². The predicted molar refractivity (Wildman–Crippen MR) is 80.1 cm³/mol. The second-order valence-corrected chi connectivity index (χ2v) is 6.79. The average Bonchev–Trinajstić information content (AvgIpc) is 2.43. The fourth-order valence-electron chi connectivity index (χ4n) is 3.11. The standard InChI is InChI=1S/C16H19F3N2O3/c1-16(2,3)21(15(23)24)13-7-20-14(22)5-9(13)8-4-11(18)12(19)6-10(8)17/h4,6,9,13H,5,7H2,1-3H3,(H,20,22)(H,23,24). The number of nitrogens with zero attached hydrogens (tertiary/aromatic N) is 1. The number of halogens is 3. The van der Waals surface area contributed by atoms with E-state index in [-0.39, 0.29) is 18.5 Å². The van der Waals surface area contributed by atoms with Crippen LogP contribution in [0.3, 0.4) is 0 Å². The Morgan fingerprint density at radius 1 is 1.21 bits per heavy atom. The quantitative estimate of drug-likeness (QED) is 0.811. The number of nitrogens with one attached hydrogen (secondary N) is 1. The minimum Gasteiger partial charge on any atom is -0.465 e. The lowest BCUT2D eigenvalue weighted by molar-refractivity contribution is -0.124. The highest BCUT2D eigenvalue weighted by Gasteiger charge is 2.42. The van der Waals surface area contributed by atoms with Crippen LogP contribution in [0, 0.1) is 17.5 Å². The van der Waals surface area contributed by atoms with Crippen LogP contribution in [0.4, 0.5) is 18.0 Å². The molecular weight excluding hydrogens is 325 g/mol. The number of amides is 2. The second-order valence-electron chi connectivity index (χ2n) is 6.79. The zero-order valence-electron chi connectivity index (χ0n) is 13.6. The van der Waals surface area contributed by atoms with Gasteiger partial charge < -0.3 is 10.4 Å². The van der Waals surface area contributed by atoms with Crippen LogP contribution in [0.1, 0.15) is 38.7 Å². The maximum absolute atomic E-state index is 14.2. The van der Waals surface area contributed by atoms with E-state index < -0.39 is 47.0 Å². The Hall–Kier alpha value is -2.25. The topological polar surface area (TPSA) is 69.6 Å². The lowest BCUT2D eigenvalue weighted by Crippen LogP contribution is -2.59. The third-order valence-electron chi connectivity index (χ3n) is 4.08. The van der Waals surface area contributed by atoms with Crippen LogP contribution in [-0.4, -0.2) is 40.1 Å². The Morgan fingerprint density at radius 2 is 1.79 bits per heavy atom. The number of hydrogen-bond acceptors (Lipinski definition) is 2. The molecule has 2 atom stereocenters. The normalized spacial score (nSPS) is 21.3. The Balaban J connectivity index is 2.52. The van der Waals surface area contributed by atoms with Gasteiger partial charge in [-0.1, -0.05) is 0 Å². The molecule has 0 spiro atoms. The molecule has 8 heteroatoms. The number of rotatable bonds is 2. The maximum atomic E-state index is 14.2. The Morgan fingerprint density at radius 3 is 2.33 bits per heavy atom. The van der Waals surface area contributed by atoms with Gasteiger partial charge in [0.2, 0.25) is 5.91 Å². The number of benzene rings is 1. The molecule has 1 fully saturated rings. The summed E-state index contributed by atoms with van der Waals surface area (Å²) < 4.78 is 40.9. The van der Waals surface area contributed by atoms with Gasteiger partial charge in [-0.05, 0) is 32.4 Å². The summed E-state index contributed by atoms with van der Waals surface area (Å²) >= 11 is 0. The lowest BCUT2D eigenvalue weighted by Gasteiger charge is -2.45. The molecule has 1 heterocycles. The van der Waals surface area contributed by atoms with Gasteiger partial charge in [0.1, 0.15) is 5.82 Å². The van der Waals surface area contributed by atoms with Gasteiger partial charge in [0.25, 0.3) is 0 Å². The number of carboxylic acid groups (broad SMARTS) is 1. The molecule has 2 amide bonds. The molecular formula is C16H19F3N2O3. The summed E-state index contributed by atoms with van der Waals surface area (Å²) in [6, 6.07) is 0.305. The largest absolute Gasteiger partial charge is 0.465 e. The van der Waals surface area contributed by atoms with Gasteiger partial charge in [0, 0.05) is 30.5 Å². The van der Waals surface area contributed by atoms with Crippen LogP contribution < -0.4 is 5.32 Å². The molecule has 0 aliphatic carbocycles. The molecule has 132 valence electrons. The molecule has 0 radical (unpaired) electrons. The Bertz CT molecular complexity index is 673.